The highest BCUT2D eigenvalue weighted by molar-refractivity contribution is 6.27. The quantitative estimate of drug-likeness (QED) is 0.234. The molecule has 0 saturated carbocycles. The fraction of sp³-hybridized carbons (Fsp3) is 0. The third-order valence-corrected chi connectivity index (χ3v) is 7.83. The minimum atomic E-state index is 1.14. The van der Waals surface area contributed by atoms with Crippen LogP contribution in [0.25, 0.3) is 76.5 Å². The molecular weight excluding hydrogens is 460 g/mol. The van der Waals surface area contributed by atoms with Crippen LogP contribution >= 0.6 is 0 Å². The average molecular weight is 483 g/mol. The molecule has 6 aromatic carbocycles. The third kappa shape index (κ3) is 3.14. The molecule has 8 rings (SSSR count). The zero-order valence-corrected chi connectivity index (χ0v) is 20.6. The second-order valence-electron chi connectivity index (χ2n) is 9.87. The van der Waals surface area contributed by atoms with Gasteiger partial charge in [-0.25, -0.2) is 0 Å². The molecule has 0 atom stereocenters. The maximum absolute atomic E-state index is 4.37. The molecule has 2 heterocycles. The molecule has 8 aromatic rings. The first kappa shape index (κ1) is 21.0. The van der Waals surface area contributed by atoms with Crippen LogP contribution in [-0.4, -0.2) is 9.97 Å². The zero-order chi connectivity index (χ0) is 25.1. The molecule has 38 heavy (non-hydrogen) atoms. The highest BCUT2D eigenvalue weighted by Crippen LogP contribution is 2.42. The Morgan fingerprint density at radius 1 is 0.342 bits per heavy atom. The highest BCUT2D eigenvalue weighted by atomic mass is 14.6. The van der Waals surface area contributed by atoms with Crippen molar-refractivity contribution in [2.75, 3.05) is 0 Å². The number of hydrogen-bond donors (Lipinski definition) is 0. The number of hydrogen-bond acceptors (Lipinski definition) is 2. The summed E-state index contributed by atoms with van der Waals surface area (Å²) >= 11 is 0. The Labute approximate surface area is 220 Å². The summed E-state index contributed by atoms with van der Waals surface area (Å²) in [5.74, 6) is 0. The molecule has 0 bridgehead atoms. The van der Waals surface area contributed by atoms with Crippen LogP contribution < -0.4 is 0 Å². The van der Waals surface area contributed by atoms with Gasteiger partial charge >= 0.3 is 0 Å². The van der Waals surface area contributed by atoms with Crippen LogP contribution in [0.15, 0.2) is 134 Å². The van der Waals surface area contributed by atoms with E-state index in [1.807, 2.05) is 30.9 Å². The summed E-state index contributed by atoms with van der Waals surface area (Å²) in [7, 11) is 0. The molecule has 0 radical (unpaired) electrons. The lowest BCUT2D eigenvalue weighted by molar-refractivity contribution is 1.33. The van der Waals surface area contributed by atoms with Gasteiger partial charge < -0.3 is 0 Å². The highest BCUT2D eigenvalue weighted by Gasteiger charge is 2.15. The molecule has 0 aliphatic rings. The molecule has 0 spiro atoms. The van der Waals surface area contributed by atoms with Crippen molar-refractivity contribution in [2.24, 2.45) is 0 Å². The second-order valence-corrected chi connectivity index (χ2v) is 9.87. The van der Waals surface area contributed by atoms with Crippen molar-refractivity contribution in [1.29, 1.82) is 0 Å². The lowest BCUT2D eigenvalue weighted by Gasteiger charge is -2.16. The molecule has 0 aliphatic heterocycles. The van der Waals surface area contributed by atoms with E-state index in [-0.39, 0.29) is 0 Å². The minimum Gasteiger partial charge on any atom is -0.264 e. The lowest BCUT2D eigenvalue weighted by Crippen LogP contribution is -1.90. The van der Waals surface area contributed by atoms with E-state index in [0.717, 1.165) is 5.56 Å². The molecule has 2 aromatic heterocycles. The molecule has 176 valence electrons. The molecule has 2 heteroatoms. The summed E-state index contributed by atoms with van der Waals surface area (Å²) < 4.78 is 0. The van der Waals surface area contributed by atoms with Gasteiger partial charge in [0.2, 0.25) is 0 Å². The topological polar surface area (TPSA) is 25.8 Å². The van der Waals surface area contributed by atoms with Crippen LogP contribution in [0, 0.1) is 0 Å². The van der Waals surface area contributed by atoms with Crippen molar-refractivity contribution in [3.8, 4) is 33.4 Å². The van der Waals surface area contributed by atoms with Crippen molar-refractivity contribution in [1.82, 2.24) is 9.97 Å². The standard InChI is InChI=1S/C36H22N2/c1-3-23-18-20-38-22-34(23)29(5-1)24-6-8-25(9-7-24)30-14-12-26-10-11-27-13-15-31(28-4-2-19-37-21-28)33-17-16-32(30)35(26)36(27)33/h1-22H. The van der Waals surface area contributed by atoms with Crippen LogP contribution in [0.4, 0.5) is 0 Å². The Kier molecular flexibility index (Phi) is 4.55. The smallest absolute Gasteiger partial charge is 0.0352 e. The van der Waals surface area contributed by atoms with Crippen molar-refractivity contribution in [3.63, 3.8) is 0 Å². The Morgan fingerprint density at radius 3 is 1.61 bits per heavy atom. The summed E-state index contributed by atoms with van der Waals surface area (Å²) in [5, 5.41) is 10.1. The van der Waals surface area contributed by atoms with Crippen LogP contribution in [0.5, 0.6) is 0 Å². The molecular formula is C36H22N2. The van der Waals surface area contributed by atoms with Crippen LogP contribution in [0.2, 0.25) is 0 Å². The minimum absolute atomic E-state index is 1.14. The Balaban J connectivity index is 1.32. The summed E-state index contributed by atoms with van der Waals surface area (Å²) in [4.78, 5) is 8.73. The fourth-order valence-electron chi connectivity index (χ4n) is 6.02. The van der Waals surface area contributed by atoms with E-state index in [9.17, 15) is 0 Å². The van der Waals surface area contributed by atoms with E-state index in [2.05, 4.69) is 113 Å². The predicted octanol–water partition coefficient (Wildman–Crippen LogP) is 9.53. The van der Waals surface area contributed by atoms with E-state index in [1.54, 1.807) is 0 Å². The Morgan fingerprint density at radius 2 is 0.947 bits per heavy atom. The van der Waals surface area contributed by atoms with Crippen LogP contribution in [0.3, 0.4) is 0 Å². The van der Waals surface area contributed by atoms with Crippen molar-refractivity contribution in [2.45, 2.75) is 0 Å². The summed E-state index contributed by atoms with van der Waals surface area (Å²) in [6, 6.07) is 39.7. The number of nitrogens with zero attached hydrogens (tertiary/aromatic N) is 2. The van der Waals surface area contributed by atoms with Gasteiger partial charge in [0.15, 0.2) is 0 Å². The number of benzene rings is 6. The van der Waals surface area contributed by atoms with Gasteiger partial charge in [-0.3, -0.25) is 9.97 Å². The Hall–Kier alpha value is -5.08. The average Bonchev–Trinajstić information content (AvgIpc) is 3.00. The first-order valence-electron chi connectivity index (χ1n) is 12.9. The molecule has 0 amide bonds. The Bertz CT molecular complexity index is 2100. The van der Waals surface area contributed by atoms with Gasteiger partial charge in [0, 0.05) is 35.7 Å². The first-order chi connectivity index (χ1) is 18.8. The maximum Gasteiger partial charge on any atom is 0.0352 e. The lowest BCUT2D eigenvalue weighted by atomic mass is 9.87. The summed E-state index contributed by atoms with van der Waals surface area (Å²) in [6.07, 6.45) is 7.58. The van der Waals surface area contributed by atoms with Crippen molar-refractivity contribution < 1.29 is 0 Å². The van der Waals surface area contributed by atoms with Crippen LogP contribution in [0.1, 0.15) is 0 Å². The number of rotatable bonds is 3. The van der Waals surface area contributed by atoms with Gasteiger partial charge in [-0.2, -0.15) is 0 Å². The zero-order valence-electron chi connectivity index (χ0n) is 20.6. The van der Waals surface area contributed by atoms with E-state index in [0.29, 0.717) is 0 Å². The van der Waals surface area contributed by atoms with Gasteiger partial charge in [0.25, 0.3) is 0 Å². The van der Waals surface area contributed by atoms with Gasteiger partial charge in [-0.05, 0) is 77.7 Å². The summed E-state index contributed by atoms with van der Waals surface area (Å²) in [6.45, 7) is 0. The second kappa shape index (κ2) is 8.22. The van der Waals surface area contributed by atoms with Crippen molar-refractivity contribution in [3.05, 3.63) is 134 Å². The van der Waals surface area contributed by atoms with Gasteiger partial charge in [0.1, 0.15) is 0 Å². The van der Waals surface area contributed by atoms with Crippen LogP contribution in [-0.2, 0) is 0 Å². The normalized spacial score (nSPS) is 11.7. The molecule has 0 unspecified atom stereocenters. The molecule has 0 N–H and O–H groups in total. The monoisotopic (exact) mass is 482 g/mol. The van der Waals surface area contributed by atoms with E-state index in [4.69, 9.17) is 0 Å². The van der Waals surface area contributed by atoms with Gasteiger partial charge in [0.05, 0.1) is 0 Å². The molecule has 0 aliphatic carbocycles. The summed E-state index contributed by atoms with van der Waals surface area (Å²) in [5.41, 5.74) is 7.25. The predicted molar refractivity (Wildman–Crippen MR) is 160 cm³/mol. The number of aromatic nitrogens is 2. The van der Waals surface area contributed by atoms with E-state index < -0.39 is 0 Å². The first-order valence-corrected chi connectivity index (χ1v) is 12.9. The van der Waals surface area contributed by atoms with Gasteiger partial charge in [-0.15, -0.1) is 0 Å². The molecule has 0 saturated heterocycles. The van der Waals surface area contributed by atoms with Gasteiger partial charge in [-0.1, -0.05) is 97.1 Å². The third-order valence-electron chi connectivity index (χ3n) is 7.83. The largest absolute Gasteiger partial charge is 0.264 e. The number of pyridine rings is 2. The SMILES string of the molecule is c1cncc(-c2ccc3ccc4ccc(-c5ccc(-c6cccc7ccncc67)cc5)c5ccc2c3c45)c1. The maximum atomic E-state index is 4.37. The molecule has 0 fully saturated rings. The fourth-order valence-corrected chi connectivity index (χ4v) is 6.02. The van der Waals surface area contributed by atoms with Crippen molar-refractivity contribution >= 4 is 43.1 Å². The van der Waals surface area contributed by atoms with E-state index >= 15 is 0 Å². The molecule has 2 nitrogen and oxygen atoms in total. The number of fused-ring (bicyclic) bond motifs is 1. The van der Waals surface area contributed by atoms with E-state index in [1.165, 1.54) is 70.9 Å².